The van der Waals surface area contributed by atoms with Crippen LogP contribution < -0.4 is 11.1 Å². The standard InChI is InChI=1S/C13H18N2O3/c1-2-9(8-14)6-12(16)15-11-5-3-4-10(7-11)13(17)18/h3-5,7,9H,2,6,8,14H2,1H3,(H,15,16)(H,17,18). The molecular weight excluding hydrogens is 232 g/mol. The molecule has 5 nitrogen and oxygen atoms in total. The number of carbonyl (C=O) groups is 2. The van der Waals surface area contributed by atoms with Crippen molar-refractivity contribution in [3.05, 3.63) is 29.8 Å². The number of carboxylic acid groups (broad SMARTS) is 1. The highest BCUT2D eigenvalue weighted by Gasteiger charge is 2.11. The van der Waals surface area contributed by atoms with E-state index in [1.807, 2.05) is 6.92 Å². The van der Waals surface area contributed by atoms with E-state index in [9.17, 15) is 9.59 Å². The van der Waals surface area contributed by atoms with Gasteiger partial charge in [0.25, 0.3) is 0 Å². The fourth-order valence-corrected chi connectivity index (χ4v) is 1.60. The Morgan fingerprint density at radius 1 is 1.44 bits per heavy atom. The minimum absolute atomic E-state index is 0.144. The van der Waals surface area contributed by atoms with Gasteiger partial charge in [0.1, 0.15) is 0 Å². The van der Waals surface area contributed by atoms with Gasteiger partial charge in [0.05, 0.1) is 5.56 Å². The van der Waals surface area contributed by atoms with Gasteiger partial charge in [0, 0.05) is 12.1 Å². The van der Waals surface area contributed by atoms with Crippen LogP contribution in [0.3, 0.4) is 0 Å². The zero-order chi connectivity index (χ0) is 13.5. The Labute approximate surface area is 106 Å². The summed E-state index contributed by atoms with van der Waals surface area (Å²) in [5.74, 6) is -0.998. The third kappa shape index (κ3) is 4.18. The molecule has 4 N–H and O–H groups in total. The van der Waals surface area contributed by atoms with Crippen LogP contribution in [-0.4, -0.2) is 23.5 Å². The molecule has 1 aromatic rings. The highest BCUT2D eigenvalue weighted by Crippen LogP contribution is 2.13. The molecule has 0 bridgehead atoms. The zero-order valence-electron chi connectivity index (χ0n) is 10.3. The Balaban J connectivity index is 2.64. The summed E-state index contributed by atoms with van der Waals surface area (Å²) in [6.07, 6.45) is 1.20. The van der Waals surface area contributed by atoms with Gasteiger partial charge < -0.3 is 16.2 Å². The molecule has 1 amide bonds. The van der Waals surface area contributed by atoms with E-state index < -0.39 is 5.97 Å². The second kappa shape index (κ2) is 6.76. The first-order valence-electron chi connectivity index (χ1n) is 5.90. The summed E-state index contributed by atoms with van der Waals surface area (Å²) in [4.78, 5) is 22.5. The lowest BCUT2D eigenvalue weighted by Gasteiger charge is -2.12. The predicted molar refractivity (Wildman–Crippen MR) is 69.5 cm³/mol. The predicted octanol–water partition coefficient (Wildman–Crippen LogP) is 1.70. The van der Waals surface area contributed by atoms with Crippen molar-refractivity contribution in [2.75, 3.05) is 11.9 Å². The summed E-state index contributed by atoms with van der Waals surface area (Å²) in [6, 6.07) is 6.17. The van der Waals surface area contributed by atoms with Crippen molar-refractivity contribution in [1.82, 2.24) is 0 Å². The molecule has 1 aromatic carbocycles. The van der Waals surface area contributed by atoms with Crippen molar-refractivity contribution in [3.8, 4) is 0 Å². The molecule has 98 valence electrons. The maximum atomic E-state index is 11.7. The Morgan fingerprint density at radius 3 is 2.72 bits per heavy atom. The highest BCUT2D eigenvalue weighted by atomic mass is 16.4. The quantitative estimate of drug-likeness (QED) is 0.716. The summed E-state index contributed by atoms with van der Waals surface area (Å²) in [7, 11) is 0. The molecule has 0 fully saturated rings. The Hall–Kier alpha value is -1.88. The second-order valence-corrected chi connectivity index (χ2v) is 4.15. The van der Waals surface area contributed by atoms with E-state index in [0.29, 0.717) is 18.7 Å². The number of nitrogens with one attached hydrogen (secondary N) is 1. The van der Waals surface area contributed by atoms with Crippen molar-refractivity contribution in [2.24, 2.45) is 11.7 Å². The van der Waals surface area contributed by atoms with Crippen molar-refractivity contribution >= 4 is 17.6 Å². The van der Waals surface area contributed by atoms with E-state index >= 15 is 0 Å². The Kier molecular flexibility index (Phi) is 5.32. The van der Waals surface area contributed by atoms with E-state index in [-0.39, 0.29) is 17.4 Å². The number of hydrogen-bond acceptors (Lipinski definition) is 3. The molecule has 0 heterocycles. The first kappa shape index (κ1) is 14.2. The molecule has 1 unspecified atom stereocenters. The van der Waals surface area contributed by atoms with Gasteiger partial charge in [-0.1, -0.05) is 19.4 Å². The fraction of sp³-hybridized carbons (Fsp3) is 0.385. The zero-order valence-corrected chi connectivity index (χ0v) is 10.3. The van der Waals surface area contributed by atoms with Gasteiger partial charge in [-0.2, -0.15) is 0 Å². The molecule has 1 rings (SSSR count). The molecule has 0 aliphatic carbocycles. The smallest absolute Gasteiger partial charge is 0.335 e. The van der Waals surface area contributed by atoms with Crippen LogP contribution in [0.15, 0.2) is 24.3 Å². The SMILES string of the molecule is CCC(CN)CC(=O)Nc1cccc(C(=O)O)c1. The van der Waals surface area contributed by atoms with Crippen LogP contribution in [-0.2, 0) is 4.79 Å². The number of rotatable bonds is 6. The molecular formula is C13H18N2O3. The molecule has 1 atom stereocenters. The number of anilines is 1. The van der Waals surface area contributed by atoms with E-state index in [4.69, 9.17) is 10.8 Å². The van der Waals surface area contributed by atoms with Gasteiger partial charge in [-0.15, -0.1) is 0 Å². The van der Waals surface area contributed by atoms with Gasteiger partial charge >= 0.3 is 5.97 Å². The minimum Gasteiger partial charge on any atom is -0.478 e. The van der Waals surface area contributed by atoms with Crippen molar-refractivity contribution < 1.29 is 14.7 Å². The number of benzene rings is 1. The van der Waals surface area contributed by atoms with Crippen LogP contribution in [0.4, 0.5) is 5.69 Å². The molecule has 0 spiro atoms. The average Bonchev–Trinajstić information content (AvgIpc) is 2.36. The Bertz CT molecular complexity index is 428. The normalized spacial score (nSPS) is 11.9. The topological polar surface area (TPSA) is 92.4 Å². The van der Waals surface area contributed by atoms with Crippen LogP contribution in [0, 0.1) is 5.92 Å². The molecule has 0 saturated carbocycles. The third-order valence-electron chi connectivity index (χ3n) is 2.78. The van der Waals surface area contributed by atoms with Crippen molar-refractivity contribution in [2.45, 2.75) is 19.8 Å². The van der Waals surface area contributed by atoms with E-state index in [2.05, 4.69) is 5.32 Å². The first-order chi connectivity index (χ1) is 8.56. The molecule has 5 heteroatoms. The van der Waals surface area contributed by atoms with E-state index in [0.717, 1.165) is 6.42 Å². The van der Waals surface area contributed by atoms with Crippen molar-refractivity contribution in [1.29, 1.82) is 0 Å². The number of carboxylic acids is 1. The van der Waals surface area contributed by atoms with Gasteiger partial charge in [-0.25, -0.2) is 4.79 Å². The first-order valence-corrected chi connectivity index (χ1v) is 5.90. The number of amides is 1. The maximum absolute atomic E-state index is 11.7. The maximum Gasteiger partial charge on any atom is 0.335 e. The minimum atomic E-state index is -1.01. The highest BCUT2D eigenvalue weighted by molar-refractivity contribution is 5.93. The third-order valence-corrected chi connectivity index (χ3v) is 2.78. The summed E-state index contributed by atoms with van der Waals surface area (Å²) >= 11 is 0. The van der Waals surface area contributed by atoms with Gasteiger partial charge in [-0.3, -0.25) is 4.79 Å². The number of carbonyl (C=O) groups excluding carboxylic acids is 1. The second-order valence-electron chi connectivity index (χ2n) is 4.15. The molecule has 0 saturated heterocycles. The molecule has 18 heavy (non-hydrogen) atoms. The number of aromatic carboxylic acids is 1. The van der Waals surface area contributed by atoms with Crippen LogP contribution in [0.5, 0.6) is 0 Å². The average molecular weight is 250 g/mol. The fourth-order valence-electron chi connectivity index (χ4n) is 1.60. The van der Waals surface area contributed by atoms with Crippen molar-refractivity contribution in [3.63, 3.8) is 0 Å². The lowest BCUT2D eigenvalue weighted by molar-refractivity contribution is -0.117. The van der Waals surface area contributed by atoms with Crippen LogP contribution in [0.25, 0.3) is 0 Å². The summed E-state index contributed by atoms with van der Waals surface area (Å²) in [5.41, 5.74) is 6.18. The lowest BCUT2D eigenvalue weighted by Crippen LogP contribution is -2.21. The van der Waals surface area contributed by atoms with Crippen LogP contribution in [0.2, 0.25) is 0 Å². The van der Waals surface area contributed by atoms with Crippen LogP contribution in [0.1, 0.15) is 30.1 Å². The van der Waals surface area contributed by atoms with E-state index in [1.165, 1.54) is 12.1 Å². The van der Waals surface area contributed by atoms with Gasteiger partial charge in [0.2, 0.25) is 5.91 Å². The lowest BCUT2D eigenvalue weighted by atomic mass is 10.0. The summed E-state index contributed by atoms with van der Waals surface area (Å²) in [5, 5.41) is 11.5. The van der Waals surface area contributed by atoms with E-state index in [1.54, 1.807) is 12.1 Å². The molecule has 0 aliphatic heterocycles. The number of nitrogens with two attached hydrogens (primary N) is 1. The molecule has 0 aliphatic rings. The number of hydrogen-bond donors (Lipinski definition) is 3. The molecule has 0 radical (unpaired) electrons. The monoisotopic (exact) mass is 250 g/mol. The largest absolute Gasteiger partial charge is 0.478 e. The molecule has 0 aromatic heterocycles. The Morgan fingerprint density at radius 2 is 2.17 bits per heavy atom. The van der Waals surface area contributed by atoms with Crippen LogP contribution >= 0.6 is 0 Å². The summed E-state index contributed by atoms with van der Waals surface area (Å²) in [6.45, 7) is 2.45. The van der Waals surface area contributed by atoms with Gasteiger partial charge in [0.15, 0.2) is 0 Å². The summed E-state index contributed by atoms with van der Waals surface area (Å²) < 4.78 is 0. The van der Waals surface area contributed by atoms with Gasteiger partial charge in [-0.05, 0) is 30.7 Å².